The van der Waals surface area contributed by atoms with Gasteiger partial charge >= 0.3 is 5.97 Å². The van der Waals surface area contributed by atoms with Crippen LogP contribution < -0.4 is 10.9 Å². The number of aliphatic carboxylic acids is 1. The Bertz CT molecular complexity index is 650. The molecule has 0 bridgehead atoms. The molecule has 6 nitrogen and oxygen atoms in total. The zero-order chi connectivity index (χ0) is 15.8. The molecule has 1 aromatic rings. The molecule has 2 atom stereocenters. The topological polar surface area (TPSA) is 99.3 Å². The Morgan fingerprint density at radius 1 is 1.43 bits per heavy atom. The van der Waals surface area contributed by atoms with Crippen LogP contribution in [0.1, 0.15) is 47.8 Å². The van der Waals surface area contributed by atoms with Gasteiger partial charge in [0.15, 0.2) is 0 Å². The van der Waals surface area contributed by atoms with Gasteiger partial charge in [0, 0.05) is 11.7 Å². The van der Waals surface area contributed by atoms with Crippen molar-refractivity contribution >= 4 is 11.9 Å². The predicted molar refractivity (Wildman–Crippen MR) is 77.4 cm³/mol. The molecule has 6 heteroatoms. The average molecular weight is 292 g/mol. The largest absolute Gasteiger partial charge is 0.481 e. The summed E-state index contributed by atoms with van der Waals surface area (Å²) in [6.07, 6.45) is 1.88. The fourth-order valence-electron chi connectivity index (χ4n) is 3.02. The Morgan fingerprint density at radius 3 is 2.67 bits per heavy atom. The fourth-order valence-corrected chi connectivity index (χ4v) is 3.02. The van der Waals surface area contributed by atoms with Crippen molar-refractivity contribution in [3.63, 3.8) is 0 Å². The highest BCUT2D eigenvalue weighted by Crippen LogP contribution is 2.38. The summed E-state index contributed by atoms with van der Waals surface area (Å²) in [4.78, 5) is 38.3. The number of carboxylic acids is 1. The molecule has 2 unspecified atom stereocenters. The number of nitrogens with one attached hydrogen (secondary N) is 2. The summed E-state index contributed by atoms with van der Waals surface area (Å²) >= 11 is 0. The smallest absolute Gasteiger partial charge is 0.311 e. The van der Waals surface area contributed by atoms with Crippen LogP contribution in [-0.2, 0) is 4.79 Å². The number of carboxylic acid groups (broad SMARTS) is 1. The Hall–Kier alpha value is -2.11. The molecule has 21 heavy (non-hydrogen) atoms. The van der Waals surface area contributed by atoms with E-state index < -0.39 is 28.9 Å². The van der Waals surface area contributed by atoms with Crippen LogP contribution >= 0.6 is 0 Å². The van der Waals surface area contributed by atoms with Crippen LogP contribution in [0, 0.1) is 19.3 Å². The summed E-state index contributed by atoms with van der Waals surface area (Å²) in [6, 6.07) is 1.27. The summed E-state index contributed by atoms with van der Waals surface area (Å²) in [5.41, 5.74) is -0.0876. The minimum Gasteiger partial charge on any atom is -0.481 e. The summed E-state index contributed by atoms with van der Waals surface area (Å²) in [5.74, 6) is -1.42. The molecule has 3 N–H and O–H groups in total. The van der Waals surface area contributed by atoms with E-state index in [-0.39, 0.29) is 5.56 Å². The standard InChI is InChI=1S/C15H20N2O4/c1-8-7-9(2)16-12(18)11(8)13(19)17-10-5-4-6-15(10,3)14(20)21/h7,10H,4-6H2,1-3H3,(H,16,18)(H,17,19)(H,20,21). The first-order chi connectivity index (χ1) is 9.75. The van der Waals surface area contributed by atoms with Gasteiger partial charge in [-0.25, -0.2) is 0 Å². The first kappa shape index (κ1) is 15.3. The van der Waals surface area contributed by atoms with Gasteiger partial charge in [0.25, 0.3) is 11.5 Å². The van der Waals surface area contributed by atoms with E-state index in [9.17, 15) is 19.5 Å². The molecule has 1 saturated carbocycles. The molecule has 0 saturated heterocycles. The van der Waals surface area contributed by atoms with Gasteiger partial charge in [0.05, 0.1) is 5.41 Å². The third-order valence-electron chi connectivity index (χ3n) is 4.34. The van der Waals surface area contributed by atoms with Crippen LogP contribution in [0.2, 0.25) is 0 Å². The second-order valence-corrected chi connectivity index (χ2v) is 5.98. The van der Waals surface area contributed by atoms with E-state index in [1.54, 1.807) is 26.8 Å². The number of aromatic nitrogens is 1. The summed E-state index contributed by atoms with van der Waals surface area (Å²) in [7, 11) is 0. The molecular weight excluding hydrogens is 272 g/mol. The lowest BCUT2D eigenvalue weighted by Gasteiger charge is -2.27. The Labute approximate surface area is 122 Å². The molecule has 0 spiro atoms. The number of aromatic amines is 1. The van der Waals surface area contributed by atoms with E-state index >= 15 is 0 Å². The van der Waals surface area contributed by atoms with Crippen LogP contribution in [-0.4, -0.2) is 28.0 Å². The van der Waals surface area contributed by atoms with Gasteiger partial charge in [0.1, 0.15) is 5.56 Å². The van der Waals surface area contributed by atoms with E-state index in [0.717, 1.165) is 6.42 Å². The number of carbonyl (C=O) groups is 2. The number of aryl methyl sites for hydroxylation is 2. The molecule has 0 aliphatic heterocycles. The maximum atomic E-state index is 12.3. The van der Waals surface area contributed by atoms with Crippen molar-refractivity contribution in [3.05, 3.63) is 33.2 Å². The molecule has 0 aromatic carbocycles. The van der Waals surface area contributed by atoms with E-state index in [1.165, 1.54) is 0 Å². The monoisotopic (exact) mass is 292 g/mol. The Kier molecular flexibility index (Phi) is 3.89. The maximum Gasteiger partial charge on any atom is 0.311 e. The van der Waals surface area contributed by atoms with Crippen molar-refractivity contribution in [2.45, 2.75) is 46.1 Å². The number of pyridine rings is 1. The van der Waals surface area contributed by atoms with Crippen molar-refractivity contribution in [3.8, 4) is 0 Å². The second-order valence-electron chi connectivity index (χ2n) is 5.98. The Balaban J connectivity index is 2.27. The van der Waals surface area contributed by atoms with Gasteiger partial charge in [-0.1, -0.05) is 6.42 Å². The highest BCUT2D eigenvalue weighted by atomic mass is 16.4. The van der Waals surface area contributed by atoms with Gasteiger partial charge in [-0.2, -0.15) is 0 Å². The van der Waals surface area contributed by atoms with Crippen LogP contribution in [0.15, 0.2) is 10.9 Å². The van der Waals surface area contributed by atoms with Crippen molar-refractivity contribution in [2.75, 3.05) is 0 Å². The van der Waals surface area contributed by atoms with Crippen molar-refractivity contribution in [2.24, 2.45) is 5.41 Å². The normalized spacial score (nSPS) is 24.8. The third-order valence-corrected chi connectivity index (χ3v) is 4.34. The SMILES string of the molecule is Cc1cc(C)c(C(=O)NC2CCCC2(C)C(=O)O)c(=O)[nH]1. The summed E-state index contributed by atoms with van der Waals surface area (Å²) < 4.78 is 0. The molecular formula is C15H20N2O4. The lowest BCUT2D eigenvalue weighted by atomic mass is 9.84. The minimum absolute atomic E-state index is 0.0558. The van der Waals surface area contributed by atoms with E-state index in [4.69, 9.17) is 0 Å². The third kappa shape index (κ3) is 2.70. The molecule has 0 radical (unpaired) electrons. The van der Waals surface area contributed by atoms with Crippen molar-refractivity contribution < 1.29 is 14.7 Å². The maximum absolute atomic E-state index is 12.3. The zero-order valence-electron chi connectivity index (χ0n) is 12.4. The molecule has 1 fully saturated rings. The number of amides is 1. The number of rotatable bonds is 3. The zero-order valence-corrected chi connectivity index (χ0v) is 12.4. The predicted octanol–water partition coefficient (Wildman–Crippen LogP) is 1.36. The lowest BCUT2D eigenvalue weighted by Crippen LogP contribution is -2.48. The van der Waals surface area contributed by atoms with Gasteiger partial charge in [-0.15, -0.1) is 0 Å². The van der Waals surface area contributed by atoms with Crippen LogP contribution in [0.5, 0.6) is 0 Å². The first-order valence-electron chi connectivity index (χ1n) is 7.00. The molecule has 1 aromatic heterocycles. The summed E-state index contributed by atoms with van der Waals surface area (Å²) in [6.45, 7) is 5.08. The second kappa shape index (κ2) is 5.35. The molecule has 2 rings (SSSR count). The molecule has 1 aliphatic carbocycles. The van der Waals surface area contributed by atoms with E-state index in [2.05, 4.69) is 10.3 Å². The van der Waals surface area contributed by atoms with Gasteiger partial charge in [-0.3, -0.25) is 14.4 Å². The molecule has 1 amide bonds. The molecule has 1 aliphatic rings. The van der Waals surface area contributed by atoms with E-state index in [1.807, 2.05) is 0 Å². The highest BCUT2D eigenvalue weighted by Gasteiger charge is 2.46. The van der Waals surface area contributed by atoms with Gasteiger partial charge < -0.3 is 15.4 Å². The number of carbonyl (C=O) groups excluding carboxylic acids is 1. The van der Waals surface area contributed by atoms with Crippen LogP contribution in [0.3, 0.4) is 0 Å². The van der Waals surface area contributed by atoms with Crippen molar-refractivity contribution in [1.29, 1.82) is 0 Å². The lowest BCUT2D eigenvalue weighted by molar-refractivity contribution is -0.148. The summed E-state index contributed by atoms with van der Waals surface area (Å²) in [5, 5.41) is 12.1. The van der Waals surface area contributed by atoms with Gasteiger partial charge in [0.2, 0.25) is 0 Å². The van der Waals surface area contributed by atoms with E-state index in [0.29, 0.717) is 24.1 Å². The molecule has 1 heterocycles. The van der Waals surface area contributed by atoms with Crippen LogP contribution in [0.4, 0.5) is 0 Å². The Morgan fingerprint density at radius 2 is 2.10 bits per heavy atom. The number of hydrogen-bond donors (Lipinski definition) is 3. The fraction of sp³-hybridized carbons (Fsp3) is 0.533. The van der Waals surface area contributed by atoms with Crippen LogP contribution in [0.25, 0.3) is 0 Å². The number of H-pyrrole nitrogens is 1. The molecule has 114 valence electrons. The van der Waals surface area contributed by atoms with Gasteiger partial charge in [-0.05, 0) is 45.2 Å². The first-order valence-corrected chi connectivity index (χ1v) is 7.00. The number of hydrogen-bond acceptors (Lipinski definition) is 3. The van der Waals surface area contributed by atoms with Crippen molar-refractivity contribution in [1.82, 2.24) is 10.3 Å². The minimum atomic E-state index is -0.971. The quantitative estimate of drug-likeness (QED) is 0.783. The average Bonchev–Trinajstić information content (AvgIpc) is 2.71. The highest BCUT2D eigenvalue weighted by molar-refractivity contribution is 5.96.